The van der Waals surface area contributed by atoms with Crippen molar-refractivity contribution in [1.82, 2.24) is 10.2 Å². The predicted octanol–water partition coefficient (Wildman–Crippen LogP) is 0.855. The summed E-state index contributed by atoms with van der Waals surface area (Å²) in [4.78, 5) is 13.2. The summed E-state index contributed by atoms with van der Waals surface area (Å²) < 4.78 is 0. The maximum Gasteiger partial charge on any atom is 0.236 e. The smallest absolute Gasteiger partial charge is 0.236 e. The Morgan fingerprint density at radius 3 is 2.50 bits per heavy atom. The van der Waals surface area contributed by atoms with Gasteiger partial charge in [-0.15, -0.1) is 12.3 Å². The molecule has 0 saturated heterocycles. The van der Waals surface area contributed by atoms with Gasteiger partial charge in [-0.2, -0.15) is 0 Å². The highest BCUT2D eigenvalue weighted by atomic mass is 16.2. The van der Waals surface area contributed by atoms with Crippen molar-refractivity contribution in [3.05, 3.63) is 0 Å². The molecule has 1 atom stereocenters. The van der Waals surface area contributed by atoms with Crippen LogP contribution in [0.4, 0.5) is 0 Å². The van der Waals surface area contributed by atoms with Crippen LogP contribution in [0, 0.1) is 12.3 Å². The fourth-order valence-electron chi connectivity index (χ4n) is 0.923. The molecule has 0 bridgehead atoms. The lowest BCUT2D eigenvalue weighted by Gasteiger charge is -2.22. The van der Waals surface area contributed by atoms with E-state index in [9.17, 15) is 4.79 Å². The van der Waals surface area contributed by atoms with Crippen LogP contribution in [0.25, 0.3) is 0 Å². The van der Waals surface area contributed by atoms with E-state index in [1.54, 1.807) is 11.9 Å². The Bertz CT molecular complexity index is 218. The normalized spacial score (nSPS) is 12.3. The molecule has 14 heavy (non-hydrogen) atoms. The van der Waals surface area contributed by atoms with Gasteiger partial charge in [0.1, 0.15) is 0 Å². The van der Waals surface area contributed by atoms with Gasteiger partial charge in [0.05, 0.1) is 6.54 Å². The molecule has 0 heterocycles. The maximum atomic E-state index is 11.5. The van der Waals surface area contributed by atoms with Crippen LogP contribution in [-0.4, -0.2) is 36.5 Å². The topological polar surface area (TPSA) is 32.3 Å². The second-order valence-corrected chi connectivity index (χ2v) is 3.79. The summed E-state index contributed by atoms with van der Waals surface area (Å²) in [7, 11) is 1.81. The van der Waals surface area contributed by atoms with Crippen molar-refractivity contribution in [2.75, 3.05) is 13.6 Å². The van der Waals surface area contributed by atoms with E-state index in [0.717, 1.165) is 0 Å². The van der Waals surface area contributed by atoms with E-state index in [-0.39, 0.29) is 18.0 Å². The molecule has 0 aromatic rings. The van der Waals surface area contributed by atoms with Gasteiger partial charge in [-0.3, -0.25) is 4.79 Å². The van der Waals surface area contributed by atoms with Crippen LogP contribution >= 0.6 is 0 Å². The summed E-state index contributed by atoms with van der Waals surface area (Å²) >= 11 is 0. The van der Waals surface area contributed by atoms with Crippen molar-refractivity contribution in [3.63, 3.8) is 0 Å². The average molecular weight is 196 g/mol. The summed E-state index contributed by atoms with van der Waals surface area (Å²) in [6.07, 6.45) is 5.81. The van der Waals surface area contributed by atoms with E-state index >= 15 is 0 Å². The fourth-order valence-corrected chi connectivity index (χ4v) is 0.923. The summed E-state index contributed by atoms with van der Waals surface area (Å²) in [5.41, 5.74) is 0. The first-order valence-electron chi connectivity index (χ1n) is 4.91. The van der Waals surface area contributed by atoms with Crippen LogP contribution in [0.15, 0.2) is 0 Å². The minimum absolute atomic E-state index is 0.101. The number of amides is 1. The minimum Gasteiger partial charge on any atom is -0.342 e. The molecule has 0 spiro atoms. The van der Waals surface area contributed by atoms with Crippen LogP contribution in [0.3, 0.4) is 0 Å². The van der Waals surface area contributed by atoms with Crippen molar-refractivity contribution >= 4 is 5.91 Å². The number of likely N-dealkylation sites (N-methyl/N-ethyl adjacent to an activating group) is 1. The number of hydrogen-bond donors (Lipinski definition) is 1. The van der Waals surface area contributed by atoms with Crippen molar-refractivity contribution in [2.24, 2.45) is 0 Å². The highest BCUT2D eigenvalue weighted by molar-refractivity contribution is 5.78. The zero-order valence-electron chi connectivity index (χ0n) is 9.50. The standard InChI is InChI=1S/C11H20N2O/c1-6-7-10(4)12-8-11(14)13(5)9(2)3/h1,9-10,12H,7-8H2,2-5H3. The lowest BCUT2D eigenvalue weighted by Crippen LogP contribution is -2.41. The quantitative estimate of drug-likeness (QED) is 0.661. The molecular formula is C11H20N2O. The van der Waals surface area contributed by atoms with Crippen LogP contribution in [0.5, 0.6) is 0 Å². The third-order valence-electron chi connectivity index (χ3n) is 2.19. The van der Waals surface area contributed by atoms with Crippen LogP contribution in [0.2, 0.25) is 0 Å². The first-order chi connectivity index (χ1) is 6.49. The van der Waals surface area contributed by atoms with Gasteiger partial charge < -0.3 is 10.2 Å². The second kappa shape index (κ2) is 6.44. The minimum atomic E-state index is 0.101. The van der Waals surface area contributed by atoms with Crippen LogP contribution in [0.1, 0.15) is 27.2 Å². The lowest BCUT2D eigenvalue weighted by molar-refractivity contribution is -0.130. The van der Waals surface area contributed by atoms with Gasteiger partial charge in [0.25, 0.3) is 0 Å². The number of terminal acetylenes is 1. The molecule has 0 saturated carbocycles. The molecule has 1 unspecified atom stereocenters. The molecule has 0 aromatic heterocycles. The molecule has 0 radical (unpaired) electrons. The Morgan fingerprint density at radius 2 is 2.07 bits per heavy atom. The highest BCUT2D eigenvalue weighted by Gasteiger charge is 2.11. The number of rotatable bonds is 5. The van der Waals surface area contributed by atoms with Gasteiger partial charge in [0, 0.05) is 25.6 Å². The second-order valence-electron chi connectivity index (χ2n) is 3.79. The molecule has 0 aliphatic heterocycles. The first-order valence-corrected chi connectivity index (χ1v) is 4.91. The molecule has 0 rings (SSSR count). The van der Waals surface area contributed by atoms with E-state index in [1.165, 1.54) is 0 Å². The SMILES string of the molecule is C#CCC(C)NCC(=O)N(C)C(C)C. The monoisotopic (exact) mass is 196 g/mol. The zero-order chi connectivity index (χ0) is 11.1. The Morgan fingerprint density at radius 1 is 1.50 bits per heavy atom. The largest absolute Gasteiger partial charge is 0.342 e. The highest BCUT2D eigenvalue weighted by Crippen LogP contribution is 1.94. The number of carbonyl (C=O) groups is 1. The zero-order valence-corrected chi connectivity index (χ0v) is 9.50. The molecule has 0 aliphatic carbocycles. The summed E-state index contributed by atoms with van der Waals surface area (Å²) in [5, 5.41) is 3.09. The van der Waals surface area contributed by atoms with Crippen LogP contribution in [-0.2, 0) is 4.79 Å². The molecule has 1 amide bonds. The first kappa shape index (κ1) is 13.0. The molecule has 0 fully saturated rings. The Labute approximate surface area is 86.9 Å². The van der Waals surface area contributed by atoms with Crippen LogP contribution < -0.4 is 5.32 Å². The van der Waals surface area contributed by atoms with Gasteiger partial charge in [-0.05, 0) is 20.8 Å². The fraction of sp³-hybridized carbons (Fsp3) is 0.727. The van der Waals surface area contributed by atoms with Gasteiger partial charge in [-0.25, -0.2) is 0 Å². The molecular weight excluding hydrogens is 176 g/mol. The number of hydrogen-bond acceptors (Lipinski definition) is 2. The maximum absolute atomic E-state index is 11.5. The Balaban J connectivity index is 3.80. The van der Waals surface area contributed by atoms with Gasteiger partial charge in [-0.1, -0.05) is 0 Å². The predicted molar refractivity (Wildman–Crippen MR) is 58.8 cm³/mol. The Kier molecular flexibility index (Phi) is 5.98. The number of nitrogens with one attached hydrogen (secondary N) is 1. The van der Waals surface area contributed by atoms with E-state index in [1.807, 2.05) is 20.8 Å². The summed E-state index contributed by atoms with van der Waals surface area (Å²) in [5.74, 6) is 2.66. The molecule has 3 heteroatoms. The van der Waals surface area contributed by atoms with Crippen molar-refractivity contribution < 1.29 is 4.79 Å². The summed E-state index contributed by atoms with van der Waals surface area (Å²) in [6, 6.07) is 0.441. The van der Waals surface area contributed by atoms with E-state index in [2.05, 4.69) is 11.2 Å². The van der Waals surface area contributed by atoms with Crippen molar-refractivity contribution in [3.8, 4) is 12.3 Å². The van der Waals surface area contributed by atoms with Gasteiger partial charge in [0.15, 0.2) is 0 Å². The van der Waals surface area contributed by atoms with E-state index < -0.39 is 0 Å². The summed E-state index contributed by atoms with van der Waals surface area (Å²) in [6.45, 7) is 6.31. The number of nitrogens with zero attached hydrogens (tertiary/aromatic N) is 1. The Hall–Kier alpha value is -1.01. The van der Waals surface area contributed by atoms with Crippen molar-refractivity contribution in [2.45, 2.75) is 39.3 Å². The molecule has 0 aliphatic rings. The van der Waals surface area contributed by atoms with Gasteiger partial charge >= 0.3 is 0 Å². The number of carbonyl (C=O) groups excluding carboxylic acids is 1. The third-order valence-corrected chi connectivity index (χ3v) is 2.19. The average Bonchev–Trinajstić information content (AvgIpc) is 2.13. The lowest BCUT2D eigenvalue weighted by atomic mass is 10.2. The van der Waals surface area contributed by atoms with E-state index in [0.29, 0.717) is 13.0 Å². The molecule has 80 valence electrons. The van der Waals surface area contributed by atoms with E-state index in [4.69, 9.17) is 6.42 Å². The molecule has 1 N–H and O–H groups in total. The van der Waals surface area contributed by atoms with Gasteiger partial charge in [0.2, 0.25) is 5.91 Å². The molecule has 3 nitrogen and oxygen atoms in total. The molecule has 0 aromatic carbocycles. The van der Waals surface area contributed by atoms with Crippen molar-refractivity contribution in [1.29, 1.82) is 0 Å². The third kappa shape index (κ3) is 4.88.